The minimum absolute atomic E-state index is 0.206. The van der Waals surface area contributed by atoms with Crippen molar-refractivity contribution in [1.29, 1.82) is 0 Å². The number of benzene rings is 2. The molecule has 0 saturated carbocycles. The zero-order valence-electron chi connectivity index (χ0n) is 15.2. The molecule has 148 valence electrons. The van der Waals surface area contributed by atoms with E-state index in [9.17, 15) is 9.00 Å². The number of nitrogens with zero attached hydrogens (tertiary/aromatic N) is 2. The summed E-state index contributed by atoms with van der Waals surface area (Å²) >= 11 is 0. The van der Waals surface area contributed by atoms with Crippen molar-refractivity contribution in [2.45, 2.75) is 18.2 Å². The number of methoxy groups -OCH3 is 1. The van der Waals surface area contributed by atoms with E-state index in [2.05, 4.69) is 16.2 Å². The maximum atomic E-state index is 12.9. The van der Waals surface area contributed by atoms with Gasteiger partial charge >= 0.3 is 5.97 Å². The van der Waals surface area contributed by atoms with Crippen molar-refractivity contribution in [3.8, 4) is 5.75 Å². The van der Waals surface area contributed by atoms with Crippen molar-refractivity contribution in [2.24, 2.45) is 10.8 Å². The molecule has 10 heteroatoms. The van der Waals surface area contributed by atoms with Crippen LogP contribution in [-0.2, 0) is 27.8 Å². The van der Waals surface area contributed by atoms with Gasteiger partial charge in [0.15, 0.2) is 0 Å². The molecule has 0 fully saturated rings. The molecule has 9 nitrogen and oxygen atoms in total. The smallest absolute Gasteiger partial charge is 0.320 e. The Balaban J connectivity index is 1.70. The number of carbonyl (C=O) groups is 1. The van der Waals surface area contributed by atoms with E-state index in [1.54, 1.807) is 36.4 Å². The fourth-order valence-electron chi connectivity index (χ4n) is 2.68. The molecule has 28 heavy (non-hydrogen) atoms. The van der Waals surface area contributed by atoms with Gasteiger partial charge in [0.25, 0.3) is 0 Å². The van der Waals surface area contributed by atoms with Crippen LogP contribution in [0.3, 0.4) is 0 Å². The number of amidine groups is 1. The van der Waals surface area contributed by atoms with E-state index < -0.39 is 22.8 Å². The SMILES string of the molecule is COc1ccc(N2NNN=C2S(=O)Cc2cccc(C[C@H](N)C(=O)O)c2)cc1. The summed E-state index contributed by atoms with van der Waals surface area (Å²) in [6.45, 7) is 0. The van der Waals surface area contributed by atoms with E-state index in [4.69, 9.17) is 15.6 Å². The Morgan fingerprint density at radius 1 is 1.29 bits per heavy atom. The molecule has 0 radical (unpaired) electrons. The lowest BCUT2D eigenvalue weighted by molar-refractivity contribution is -0.138. The number of ether oxygens (including phenoxy) is 1. The fourth-order valence-corrected chi connectivity index (χ4v) is 3.80. The molecule has 1 heterocycles. The van der Waals surface area contributed by atoms with Crippen LogP contribution in [0.1, 0.15) is 11.1 Å². The molecule has 0 saturated heterocycles. The van der Waals surface area contributed by atoms with Gasteiger partial charge in [0.1, 0.15) is 11.8 Å². The molecule has 0 bridgehead atoms. The zero-order valence-corrected chi connectivity index (χ0v) is 16.0. The summed E-state index contributed by atoms with van der Waals surface area (Å²) in [5, 5.41) is 15.0. The number of anilines is 1. The van der Waals surface area contributed by atoms with Gasteiger partial charge in [-0.15, -0.1) is 10.6 Å². The normalized spacial score (nSPS) is 15.5. The number of rotatable bonds is 7. The lowest BCUT2D eigenvalue weighted by atomic mass is 10.0. The van der Waals surface area contributed by atoms with E-state index in [0.29, 0.717) is 10.9 Å². The van der Waals surface area contributed by atoms with Crippen molar-refractivity contribution in [3.05, 3.63) is 59.7 Å². The number of hydrogen-bond donors (Lipinski definition) is 4. The molecule has 1 aliphatic rings. The van der Waals surface area contributed by atoms with Crippen molar-refractivity contribution in [1.82, 2.24) is 11.1 Å². The number of nitrogens with two attached hydrogens (primary N) is 1. The maximum absolute atomic E-state index is 12.9. The summed E-state index contributed by atoms with van der Waals surface area (Å²) in [4.78, 5) is 10.9. The van der Waals surface area contributed by atoms with E-state index in [-0.39, 0.29) is 12.2 Å². The minimum atomic E-state index is -1.44. The number of aliphatic carboxylic acids is 1. The molecule has 2 aromatic carbocycles. The first-order chi connectivity index (χ1) is 13.5. The van der Waals surface area contributed by atoms with Gasteiger partial charge in [-0.1, -0.05) is 24.3 Å². The second-order valence-electron chi connectivity index (χ2n) is 6.11. The molecule has 3 rings (SSSR count). The Hall–Kier alpha value is -2.95. The summed E-state index contributed by atoms with van der Waals surface area (Å²) in [6.07, 6.45) is 0.206. The highest BCUT2D eigenvalue weighted by atomic mass is 32.2. The van der Waals surface area contributed by atoms with Gasteiger partial charge in [-0.25, -0.2) is 10.5 Å². The molecule has 5 N–H and O–H groups in total. The predicted octanol–water partition coefficient (Wildman–Crippen LogP) is 0.699. The molecule has 0 spiro atoms. The van der Waals surface area contributed by atoms with Gasteiger partial charge in [0, 0.05) is 0 Å². The predicted molar refractivity (Wildman–Crippen MR) is 107 cm³/mol. The average Bonchev–Trinajstić information content (AvgIpc) is 3.18. The second kappa shape index (κ2) is 8.83. The van der Waals surface area contributed by atoms with Crippen LogP contribution in [-0.4, -0.2) is 33.6 Å². The van der Waals surface area contributed by atoms with E-state index in [0.717, 1.165) is 16.8 Å². The Kier molecular flexibility index (Phi) is 6.24. The number of hydrogen-bond acceptors (Lipinski definition) is 8. The van der Waals surface area contributed by atoms with Gasteiger partial charge in [0.2, 0.25) is 5.17 Å². The van der Waals surface area contributed by atoms with Crippen LogP contribution in [0.2, 0.25) is 0 Å². The van der Waals surface area contributed by atoms with Crippen molar-refractivity contribution < 1.29 is 18.8 Å². The van der Waals surface area contributed by atoms with Crippen molar-refractivity contribution in [2.75, 3.05) is 12.1 Å². The highest BCUT2D eigenvalue weighted by Gasteiger charge is 2.25. The number of nitrogens with one attached hydrogen (secondary N) is 2. The Labute approximate surface area is 164 Å². The lowest BCUT2D eigenvalue weighted by Crippen LogP contribution is -2.42. The topological polar surface area (TPSA) is 129 Å². The highest BCUT2D eigenvalue weighted by Crippen LogP contribution is 2.21. The monoisotopic (exact) mass is 403 g/mol. The van der Waals surface area contributed by atoms with Crippen LogP contribution >= 0.6 is 0 Å². The molecular formula is C18H21N5O4S. The van der Waals surface area contributed by atoms with Gasteiger partial charge in [-0.3, -0.25) is 9.00 Å². The average molecular weight is 403 g/mol. The molecule has 2 atom stereocenters. The lowest BCUT2D eigenvalue weighted by Gasteiger charge is -2.18. The number of carboxylic acids is 1. The standard InChI is InChI=1S/C18H21N5O4S/c1-27-15-7-5-14(6-8-15)23-18(20-21-22-23)28(26)11-13-4-2-3-12(9-13)10-16(19)17(24)25/h2-9,16,21-22H,10-11,19H2,1H3,(H,24,25)/t16-,28?/m0/s1. The first kappa shape index (κ1) is 19.8. The van der Waals surface area contributed by atoms with Crippen LogP contribution in [0.25, 0.3) is 0 Å². The Morgan fingerprint density at radius 3 is 2.68 bits per heavy atom. The first-order valence-electron chi connectivity index (χ1n) is 8.45. The molecule has 1 aliphatic heterocycles. The molecule has 0 amide bonds. The summed E-state index contributed by atoms with van der Waals surface area (Å²) in [5.41, 5.74) is 13.4. The van der Waals surface area contributed by atoms with Gasteiger partial charge < -0.3 is 15.6 Å². The highest BCUT2D eigenvalue weighted by molar-refractivity contribution is 8.00. The van der Waals surface area contributed by atoms with Crippen molar-refractivity contribution in [3.63, 3.8) is 0 Å². The van der Waals surface area contributed by atoms with Gasteiger partial charge in [0.05, 0.1) is 29.3 Å². The summed E-state index contributed by atoms with van der Waals surface area (Å²) in [6, 6.07) is 13.5. The Morgan fingerprint density at radius 2 is 2.00 bits per heavy atom. The maximum Gasteiger partial charge on any atom is 0.320 e. The third kappa shape index (κ3) is 4.66. The van der Waals surface area contributed by atoms with E-state index in [1.807, 2.05) is 24.3 Å². The minimum Gasteiger partial charge on any atom is -0.497 e. The van der Waals surface area contributed by atoms with E-state index >= 15 is 0 Å². The second-order valence-corrected chi connectivity index (χ2v) is 7.45. The molecule has 0 aliphatic carbocycles. The summed E-state index contributed by atoms with van der Waals surface area (Å²) < 4.78 is 18.0. The van der Waals surface area contributed by atoms with Crippen LogP contribution < -0.4 is 26.5 Å². The van der Waals surface area contributed by atoms with Gasteiger partial charge in [-0.05, 0) is 41.8 Å². The van der Waals surface area contributed by atoms with Crippen LogP contribution in [0.5, 0.6) is 5.75 Å². The summed E-state index contributed by atoms with van der Waals surface area (Å²) in [5.74, 6) is -0.112. The molecule has 1 unspecified atom stereocenters. The quantitative estimate of drug-likeness (QED) is 0.532. The van der Waals surface area contributed by atoms with Crippen LogP contribution in [0.4, 0.5) is 5.69 Å². The summed E-state index contributed by atoms with van der Waals surface area (Å²) in [7, 11) is 0.146. The zero-order chi connectivity index (χ0) is 20.1. The third-order valence-electron chi connectivity index (χ3n) is 4.10. The fraction of sp³-hybridized carbons (Fsp3) is 0.222. The molecule has 0 aromatic heterocycles. The van der Waals surface area contributed by atoms with Crippen LogP contribution in [0, 0.1) is 0 Å². The van der Waals surface area contributed by atoms with Crippen molar-refractivity contribution >= 4 is 27.6 Å². The molecular weight excluding hydrogens is 382 g/mol. The largest absolute Gasteiger partial charge is 0.497 e. The number of hydrazine groups is 2. The first-order valence-corrected chi connectivity index (χ1v) is 9.77. The molecule has 2 aromatic rings. The number of carboxylic acid groups (broad SMARTS) is 1. The van der Waals surface area contributed by atoms with Gasteiger partial charge in [-0.2, -0.15) is 0 Å². The van der Waals surface area contributed by atoms with E-state index in [1.165, 1.54) is 0 Å². The van der Waals surface area contributed by atoms with Crippen LogP contribution in [0.15, 0.2) is 53.6 Å². The number of hydrazone groups is 1. The third-order valence-corrected chi connectivity index (χ3v) is 5.38. The Bertz CT molecular complexity index is 903.